The normalized spacial score (nSPS) is 14.5. The Morgan fingerprint density at radius 1 is 1.10 bits per heavy atom. The highest BCUT2D eigenvalue weighted by Gasteiger charge is 2.23. The number of benzene rings is 2. The van der Waals surface area contributed by atoms with Crippen molar-refractivity contribution in [3.05, 3.63) is 65.2 Å². The molecule has 1 saturated heterocycles. The maximum Gasteiger partial charge on any atom is 0.267 e. The van der Waals surface area contributed by atoms with Gasteiger partial charge in [0.15, 0.2) is 0 Å². The molecule has 2 heterocycles. The monoisotopic (exact) mass is 408 g/mol. The highest BCUT2D eigenvalue weighted by molar-refractivity contribution is 7.16. The van der Waals surface area contributed by atoms with Crippen LogP contribution in [0, 0.1) is 0 Å². The SMILES string of the molecule is O=C(/C=C/c1ccccc1N1CCN(C(=O)c2ccc3ncsc3c2)CC1)NO. The van der Waals surface area contributed by atoms with Gasteiger partial charge in [0.1, 0.15) is 0 Å². The van der Waals surface area contributed by atoms with Crippen LogP contribution in [-0.4, -0.2) is 53.1 Å². The Balaban J connectivity index is 1.45. The number of para-hydroxylation sites is 1. The summed E-state index contributed by atoms with van der Waals surface area (Å²) >= 11 is 1.53. The number of hydrogen-bond donors (Lipinski definition) is 2. The third-order valence-corrected chi connectivity index (χ3v) is 5.74. The van der Waals surface area contributed by atoms with Gasteiger partial charge >= 0.3 is 0 Å². The number of rotatable bonds is 4. The second-order valence-corrected chi connectivity index (χ2v) is 7.57. The van der Waals surface area contributed by atoms with Gasteiger partial charge in [-0.25, -0.2) is 10.5 Å². The van der Waals surface area contributed by atoms with Crippen molar-refractivity contribution in [2.45, 2.75) is 0 Å². The van der Waals surface area contributed by atoms with Crippen LogP contribution in [0.2, 0.25) is 0 Å². The standard InChI is InChI=1S/C21H20N4O3S/c26-20(23-28)8-6-15-3-1-2-4-18(15)24-9-11-25(12-10-24)21(27)16-5-7-17-19(13-16)29-14-22-17/h1-8,13-14,28H,9-12H2,(H,23,26)/b8-6+. The number of nitrogens with one attached hydrogen (secondary N) is 1. The molecule has 0 aliphatic carbocycles. The summed E-state index contributed by atoms with van der Waals surface area (Å²) in [5, 5.41) is 8.65. The molecular weight excluding hydrogens is 388 g/mol. The predicted molar refractivity (Wildman–Crippen MR) is 113 cm³/mol. The fraction of sp³-hybridized carbons (Fsp3) is 0.190. The summed E-state index contributed by atoms with van der Waals surface area (Å²) in [7, 11) is 0. The summed E-state index contributed by atoms with van der Waals surface area (Å²) in [6, 6.07) is 13.4. The van der Waals surface area contributed by atoms with E-state index in [2.05, 4.69) is 9.88 Å². The zero-order chi connectivity index (χ0) is 20.2. The van der Waals surface area contributed by atoms with Gasteiger partial charge in [0.05, 0.1) is 15.7 Å². The van der Waals surface area contributed by atoms with E-state index >= 15 is 0 Å². The minimum absolute atomic E-state index is 0.0350. The number of thiazole rings is 1. The molecule has 29 heavy (non-hydrogen) atoms. The number of aromatic nitrogens is 1. The van der Waals surface area contributed by atoms with Crippen molar-refractivity contribution in [2.24, 2.45) is 0 Å². The Morgan fingerprint density at radius 2 is 1.90 bits per heavy atom. The van der Waals surface area contributed by atoms with Crippen LogP contribution in [-0.2, 0) is 4.79 Å². The van der Waals surface area contributed by atoms with E-state index in [1.165, 1.54) is 17.4 Å². The van der Waals surface area contributed by atoms with E-state index < -0.39 is 5.91 Å². The molecule has 1 aliphatic heterocycles. The van der Waals surface area contributed by atoms with Crippen molar-refractivity contribution in [3.8, 4) is 0 Å². The average Bonchev–Trinajstić information content (AvgIpc) is 3.25. The largest absolute Gasteiger partial charge is 0.367 e. The summed E-state index contributed by atoms with van der Waals surface area (Å²) in [6.45, 7) is 2.64. The van der Waals surface area contributed by atoms with E-state index in [1.807, 2.05) is 47.4 Å². The van der Waals surface area contributed by atoms with Gasteiger partial charge in [-0.05, 0) is 35.9 Å². The molecule has 0 bridgehead atoms. The van der Waals surface area contributed by atoms with Crippen LogP contribution in [0.15, 0.2) is 54.1 Å². The first-order valence-corrected chi connectivity index (χ1v) is 10.1. The predicted octanol–water partition coefficient (Wildman–Crippen LogP) is 2.78. The molecule has 7 nitrogen and oxygen atoms in total. The Morgan fingerprint density at radius 3 is 2.69 bits per heavy atom. The molecule has 4 rings (SSSR count). The second kappa shape index (κ2) is 8.42. The minimum atomic E-state index is -0.576. The van der Waals surface area contributed by atoms with Gasteiger partial charge in [0.25, 0.3) is 11.8 Å². The van der Waals surface area contributed by atoms with Crippen molar-refractivity contribution < 1.29 is 14.8 Å². The lowest BCUT2D eigenvalue weighted by atomic mass is 10.1. The van der Waals surface area contributed by atoms with Gasteiger partial charge in [-0.3, -0.25) is 14.8 Å². The van der Waals surface area contributed by atoms with Crippen molar-refractivity contribution in [3.63, 3.8) is 0 Å². The number of carbonyl (C=O) groups is 2. The first-order chi connectivity index (χ1) is 14.2. The molecule has 0 radical (unpaired) electrons. The molecule has 148 valence electrons. The molecule has 1 aliphatic rings. The van der Waals surface area contributed by atoms with E-state index in [0.717, 1.165) is 21.5 Å². The van der Waals surface area contributed by atoms with Gasteiger partial charge in [0.2, 0.25) is 0 Å². The molecule has 3 aromatic rings. The van der Waals surface area contributed by atoms with Crippen molar-refractivity contribution >= 4 is 45.1 Å². The highest BCUT2D eigenvalue weighted by Crippen LogP contribution is 2.24. The fourth-order valence-electron chi connectivity index (χ4n) is 3.44. The van der Waals surface area contributed by atoms with Crippen molar-refractivity contribution in [1.82, 2.24) is 15.4 Å². The van der Waals surface area contributed by atoms with E-state index in [9.17, 15) is 9.59 Å². The molecule has 1 fully saturated rings. The van der Waals surface area contributed by atoms with E-state index in [1.54, 1.807) is 17.1 Å². The first-order valence-electron chi connectivity index (χ1n) is 9.24. The number of amides is 2. The lowest BCUT2D eigenvalue weighted by Gasteiger charge is -2.36. The molecular formula is C21H20N4O3S. The molecule has 0 saturated carbocycles. The Bertz CT molecular complexity index is 1070. The Labute approximate surface area is 171 Å². The van der Waals surface area contributed by atoms with Crippen molar-refractivity contribution in [1.29, 1.82) is 0 Å². The Kier molecular flexibility index (Phi) is 5.55. The van der Waals surface area contributed by atoms with Crippen molar-refractivity contribution in [2.75, 3.05) is 31.1 Å². The van der Waals surface area contributed by atoms with E-state index in [4.69, 9.17) is 5.21 Å². The van der Waals surface area contributed by atoms with Gasteiger partial charge in [-0.15, -0.1) is 11.3 Å². The number of hydrogen-bond acceptors (Lipinski definition) is 6. The molecule has 8 heteroatoms. The summed E-state index contributed by atoms with van der Waals surface area (Å²) in [4.78, 5) is 32.5. The van der Waals surface area contributed by atoms with Crippen LogP contribution in [0.4, 0.5) is 5.69 Å². The lowest BCUT2D eigenvalue weighted by molar-refractivity contribution is -0.124. The van der Waals surface area contributed by atoms with Crippen LogP contribution in [0.5, 0.6) is 0 Å². The summed E-state index contributed by atoms with van der Waals surface area (Å²) in [5.74, 6) is -0.541. The minimum Gasteiger partial charge on any atom is -0.367 e. The quantitative estimate of drug-likeness (QED) is 0.394. The number of anilines is 1. The van der Waals surface area contributed by atoms with Gasteiger partial charge in [-0.2, -0.15) is 0 Å². The number of piperazine rings is 1. The number of nitrogens with zero attached hydrogens (tertiary/aromatic N) is 3. The molecule has 0 atom stereocenters. The third kappa shape index (κ3) is 4.13. The van der Waals surface area contributed by atoms with E-state index in [-0.39, 0.29) is 5.91 Å². The van der Waals surface area contributed by atoms with Gasteiger partial charge < -0.3 is 9.80 Å². The number of fused-ring (bicyclic) bond motifs is 1. The number of carbonyl (C=O) groups excluding carboxylic acids is 2. The fourth-order valence-corrected chi connectivity index (χ4v) is 4.16. The Hall–Kier alpha value is -3.23. The maximum absolute atomic E-state index is 12.9. The molecule has 2 amide bonds. The van der Waals surface area contributed by atoms with Crippen LogP contribution >= 0.6 is 11.3 Å². The summed E-state index contributed by atoms with van der Waals surface area (Å²) in [6.07, 6.45) is 2.96. The molecule has 0 spiro atoms. The van der Waals surface area contributed by atoms with Crippen LogP contribution in [0.25, 0.3) is 16.3 Å². The molecule has 2 N–H and O–H groups in total. The van der Waals surface area contributed by atoms with Crippen LogP contribution in [0.1, 0.15) is 15.9 Å². The first kappa shape index (κ1) is 19.1. The molecule has 1 aromatic heterocycles. The zero-order valence-electron chi connectivity index (χ0n) is 15.6. The van der Waals surface area contributed by atoms with Crippen LogP contribution < -0.4 is 10.4 Å². The maximum atomic E-state index is 12.9. The zero-order valence-corrected chi connectivity index (χ0v) is 16.4. The van der Waals surface area contributed by atoms with Crippen LogP contribution in [0.3, 0.4) is 0 Å². The topological polar surface area (TPSA) is 85.8 Å². The third-order valence-electron chi connectivity index (χ3n) is 4.95. The van der Waals surface area contributed by atoms with Gasteiger partial charge in [0, 0.05) is 43.5 Å². The number of hydroxylamine groups is 1. The van der Waals surface area contributed by atoms with Gasteiger partial charge in [-0.1, -0.05) is 18.2 Å². The second-order valence-electron chi connectivity index (χ2n) is 6.68. The molecule has 2 aromatic carbocycles. The summed E-state index contributed by atoms with van der Waals surface area (Å²) < 4.78 is 1.02. The highest BCUT2D eigenvalue weighted by atomic mass is 32.1. The van der Waals surface area contributed by atoms with E-state index in [0.29, 0.717) is 31.7 Å². The average molecular weight is 408 g/mol. The lowest BCUT2D eigenvalue weighted by Crippen LogP contribution is -2.49. The molecule has 0 unspecified atom stereocenters. The summed E-state index contributed by atoms with van der Waals surface area (Å²) in [5.41, 5.74) is 6.85. The smallest absolute Gasteiger partial charge is 0.267 e.